The molecule has 0 aromatic heterocycles. The first kappa shape index (κ1) is 16.8. The summed E-state index contributed by atoms with van der Waals surface area (Å²) < 4.78 is 13.3. The number of rotatable bonds is 3. The van der Waals surface area contributed by atoms with E-state index in [-0.39, 0.29) is 5.91 Å². The van der Waals surface area contributed by atoms with Crippen molar-refractivity contribution < 1.29 is 14.0 Å². The van der Waals surface area contributed by atoms with Crippen LogP contribution >= 0.6 is 0 Å². The number of carbonyl (C=O) groups is 2. The molecule has 0 unspecified atom stereocenters. The van der Waals surface area contributed by atoms with Crippen LogP contribution < -0.4 is 16.0 Å². The highest BCUT2D eigenvalue weighted by Gasteiger charge is 2.26. The molecular formula is C21H16FN3O2. The van der Waals surface area contributed by atoms with Gasteiger partial charge >= 0.3 is 6.03 Å². The number of halogens is 1. The molecule has 134 valence electrons. The van der Waals surface area contributed by atoms with Crippen LogP contribution in [-0.2, 0) is 6.54 Å². The summed E-state index contributed by atoms with van der Waals surface area (Å²) >= 11 is 0. The van der Waals surface area contributed by atoms with E-state index in [0.717, 1.165) is 16.7 Å². The first-order valence-electron chi connectivity index (χ1n) is 8.45. The fourth-order valence-corrected chi connectivity index (χ4v) is 3.19. The number of carbonyl (C=O) groups excluding carboxylic acids is 2. The molecule has 6 heteroatoms. The van der Waals surface area contributed by atoms with Crippen LogP contribution in [0.3, 0.4) is 0 Å². The summed E-state index contributed by atoms with van der Waals surface area (Å²) in [7, 11) is 0. The average Bonchev–Trinajstić information content (AvgIpc) is 3.05. The lowest BCUT2D eigenvalue weighted by Crippen LogP contribution is -2.21. The summed E-state index contributed by atoms with van der Waals surface area (Å²) in [6.07, 6.45) is 0. The molecule has 0 spiro atoms. The SMILES string of the molecule is O=C(Nc1cccc(F)c1)Nc1ccc(-c2ccccc2)c2c1C(=O)NC2. The van der Waals surface area contributed by atoms with Crippen molar-refractivity contribution in [1.82, 2.24) is 5.32 Å². The van der Waals surface area contributed by atoms with Gasteiger partial charge in [0.15, 0.2) is 0 Å². The quantitative estimate of drug-likeness (QED) is 0.648. The van der Waals surface area contributed by atoms with E-state index in [1.54, 1.807) is 12.1 Å². The maximum absolute atomic E-state index is 13.3. The fraction of sp³-hybridized carbons (Fsp3) is 0.0476. The molecule has 3 aromatic carbocycles. The van der Waals surface area contributed by atoms with Crippen molar-refractivity contribution >= 4 is 23.3 Å². The van der Waals surface area contributed by atoms with Crippen molar-refractivity contribution in [3.63, 3.8) is 0 Å². The molecule has 3 amide bonds. The molecule has 1 aliphatic rings. The number of fused-ring (bicyclic) bond motifs is 1. The van der Waals surface area contributed by atoms with Crippen molar-refractivity contribution in [2.75, 3.05) is 10.6 Å². The summed E-state index contributed by atoms with van der Waals surface area (Å²) in [4.78, 5) is 24.6. The van der Waals surface area contributed by atoms with E-state index in [2.05, 4.69) is 16.0 Å². The van der Waals surface area contributed by atoms with Crippen molar-refractivity contribution in [3.05, 3.63) is 83.7 Å². The van der Waals surface area contributed by atoms with Crippen LogP contribution in [0.2, 0.25) is 0 Å². The van der Waals surface area contributed by atoms with Crippen LogP contribution in [-0.4, -0.2) is 11.9 Å². The molecule has 4 rings (SSSR count). The lowest BCUT2D eigenvalue weighted by molar-refractivity contribution is 0.0966. The summed E-state index contributed by atoms with van der Waals surface area (Å²) in [6.45, 7) is 0.402. The van der Waals surface area contributed by atoms with Crippen molar-refractivity contribution in [3.8, 4) is 11.1 Å². The van der Waals surface area contributed by atoms with E-state index in [1.807, 2.05) is 36.4 Å². The molecule has 3 N–H and O–H groups in total. The Labute approximate surface area is 155 Å². The van der Waals surface area contributed by atoms with Crippen molar-refractivity contribution in [1.29, 1.82) is 0 Å². The second-order valence-corrected chi connectivity index (χ2v) is 6.15. The maximum Gasteiger partial charge on any atom is 0.323 e. The van der Waals surface area contributed by atoms with Gasteiger partial charge in [-0.15, -0.1) is 0 Å². The van der Waals surface area contributed by atoms with E-state index in [1.165, 1.54) is 18.2 Å². The van der Waals surface area contributed by atoms with Crippen LogP contribution in [0.4, 0.5) is 20.6 Å². The van der Waals surface area contributed by atoms with Crippen molar-refractivity contribution in [2.24, 2.45) is 0 Å². The molecule has 0 radical (unpaired) electrons. The zero-order chi connectivity index (χ0) is 18.8. The highest BCUT2D eigenvalue weighted by atomic mass is 19.1. The minimum atomic E-state index is -0.546. The Morgan fingerprint density at radius 2 is 1.78 bits per heavy atom. The molecule has 0 atom stereocenters. The normalized spacial score (nSPS) is 12.3. The lowest BCUT2D eigenvalue weighted by atomic mass is 9.95. The smallest absolute Gasteiger partial charge is 0.323 e. The predicted octanol–water partition coefficient (Wildman–Crippen LogP) is 4.38. The molecule has 1 heterocycles. The molecule has 27 heavy (non-hydrogen) atoms. The highest BCUT2D eigenvalue weighted by Crippen LogP contribution is 2.33. The molecule has 3 aromatic rings. The number of urea groups is 1. The molecule has 1 aliphatic heterocycles. The van der Waals surface area contributed by atoms with Crippen LogP contribution in [0.1, 0.15) is 15.9 Å². The second kappa shape index (κ2) is 6.92. The van der Waals surface area contributed by atoms with Gasteiger partial charge in [0.1, 0.15) is 5.82 Å². The van der Waals surface area contributed by atoms with E-state index < -0.39 is 11.8 Å². The van der Waals surface area contributed by atoms with Gasteiger partial charge in [0.05, 0.1) is 11.3 Å². The van der Waals surface area contributed by atoms with E-state index in [0.29, 0.717) is 23.5 Å². The molecule has 0 saturated heterocycles. The first-order chi connectivity index (χ1) is 13.1. The van der Waals surface area contributed by atoms with Crippen LogP contribution in [0, 0.1) is 5.82 Å². The van der Waals surface area contributed by atoms with Crippen LogP contribution in [0.15, 0.2) is 66.7 Å². The number of hydrogen-bond donors (Lipinski definition) is 3. The summed E-state index contributed by atoms with van der Waals surface area (Å²) in [5.41, 5.74) is 3.98. The Bertz CT molecular complexity index is 1030. The Morgan fingerprint density at radius 1 is 0.963 bits per heavy atom. The Balaban J connectivity index is 1.63. The number of anilines is 2. The van der Waals surface area contributed by atoms with Gasteiger partial charge in [-0.05, 0) is 41.0 Å². The molecular weight excluding hydrogens is 345 g/mol. The third-order valence-electron chi connectivity index (χ3n) is 4.38. The molecule has 0 bridgehead atoms. The maximum atomic E-state index is 13.3. The van der Waals surface area contributed by atoms with Gasteiger partial charge in [-0.25, -0.2) is 9.18 Å². The Morgan fingerprint density at radius 3 is 2.56 bits per heavy atom. The lowest BCUT2D eigenvalue weighted by Gasteiger charge is -2.13. The summed E-state index contributed by atoms with van der Waals surface area (Å²) in [5.74, 6) is -0.677. The second-order valence-electron chi connectivity index (χ2n) is 6.15. The van der Waals surface area contributed by atoms with Gasteiger partial charge < -0.3 is 16.0 Å². The standard InChI is InChI=1S/C21H16FN3O2/c22-14-7-4-8-15(11-14)24-21(27)25-18-10-9-16(13-5-2-1-3-6-13)17-12-23-20(26)19(17)18/h1-11H,12H2,(H,23,26)(H2,24,25,27). The first-order valence-corrected chi connectivity index (χ1v) is 8.45. The van der Waals surface area contributed by atoms with Gasteiger partial charge in [-0.2, -0.15) is 0 Å². The molecule has 5 nitrogen and oxygen atoms in total. The van der Waals surface area contributed by atoms with E-state index in [4.69, 9.17) is 0 Å². The monoisotopic (exact) mass is 361 g/mol. The number of nitrogens with one attached hydrogen (secondary N) is 3. The highest BCUT2D eigenvalue weighted by molar-refractivity contribution is 6.10. The van der Waals surface area contributed by atoms with Crippen LogP contribution in [0.5, 0.6) is 0 Å². The van der Waals surface area contributed by atoms with Crippen molar-refractivity contribution in [2.45, 2.75) is 6.54 Å². The number of benzene rings is 3. The summed E-state index contributed by atoms with van der Waals surface area (Å²) in [6, 6.07) is 18.4. The molecule has 0 fully saturated rings. The predicted molar refractivity (Wildman–Crippen MR) is 102 cm³/mol. The zero-order valence-corrected chi connectivity index (χ0v) is 14.3. The van der Waals surface area contributed by atoms with E-state index in [9.17, 15) is 14.0 Å². The zero-order valence-electron chi connectivity index (χ0n) is 14.3. The van der Waals surface area contributed by atoms with Gasteiger partial charge in [-0.1, -0.05) is 42.5 Å². The summed E-state index contributed by atoms with van der Waals surface area (Å²) in [5, 5.41) is 8.05. The fourth-order valence-electron chi connectivity index (χ4n) is 3.19. The topological polar surface area (TPSA) is 70.2 Å². The van der Waals surface area contributed by atoms with Gasteiger partial charge in [-0.3, -0.25) is 4.79 Å². The minimum Gasteiger partial charge on any atom is -0.348 e. The largest absolute Gasteiger partial charge is 0.348 e. The third-order valence-corrected chi connectivity index (χ3v) is 4.38. The average molecular weight is 361 g/mol. The number of hydrogen-bond acceptors (Lipinski definition) is 2. The third kappa shape index (κ3) is 3.37. The molecule has 0 saturated carbocycles. The van der Waals surface area contributed by atoms with Gasteiger partial charge in [0.25, 0.3) is 5.91 Å². The van der Waals surface area contributed by atoms with Crippen LogP contribution in [0.25, 0.3) is 11.1 Å². The van der Waals surface area contributed by atoms with Gasteiger partial charge in [0.2, 0.25) is 0 Å². The van der Waals surface area contributed by atoms with E-state index >= 15 is 0 Å². The molecule has 0 aliphatic carbocycles. The Hall–Kier alpha value is -3.67. The Kier molecular flexibility index (Phi) is 4.30. The minimum absolute atomic E-state index is 0.233. The number of amides is 3. The van der Waals surface area contributed by atoms with Gasteiger partial charge in [0, 0.05) is 12.2 Å².